The lowest BCUT2D eigenvalue weighted by molar-refractivity contribution is 0.153. The molecule has 0 radical (unpaired) electrons. The molecule has 13 heavy (non-hydrogen) atoms. The van der Waals surface area contributed by atoms with Crippen molar-refractivity contribution in [3.8, 4) is 0 Å². The minimum absolute atomic E-state index is 0.263. The number of aliphatic hydroxyl groups is 1. The second-order valence-corrected chi connectivity index (χ2v) is 3.31. The molecule has 0 aliphatic rings. The molecule has 0 aromatic heterocycles. The Morgan fingerprint density at radius 1 is 1.46 bits per heavy atom. The summed E-state index contributed by atoms with van der Waals surface area (Å²) >= 11 is 0. The van der Waals surface area contributed by atoms with Crippen molar-refractivity contribution < 1.29 is 9.50 Å². The van der Waals surface area contributed by atoms with Gasteiger partial charge in [-0.2, -0.15) is 0 Å². The SMILES string of the molecule is Cc1cc(C(O)C(C)N)ccc1F. The predicted octanol–water partition coefficient (Wildman–Crippen LogP) is 1.51. The zero-order valence-electron chi connectivity index (χ0n) is 7.79. The van der Waals surface area contributed by atoms with E-state index in [0.29, 0.717) is 11.1 Å². The normalized spacial score (nSPS) is 15.5. The van der Waals surface area contributed by atoms with E-state index in [0.717, 1.165) is 0 Å². The number of halogens is 1. The molecule has 72 valence electrons. The Morgan fingerprint density at radius 3 is 2.54 bits per heavy atom. The standard InChI is InChI=1S/C10H14FNO/c1-6-5-8(3-4-9(6)11)10(13)7(2)12/h3-5,7,10,13H,12H2,1-2H3. The van der Waals surface area contributed by atoms with Gasteiger partial charge in [-0.1, -0.05) is 12.1 Å². The highest BCUT2D eigenvalue weighted by atomic mass is 19.1. The maximum atomic E-state index is 12.9. The molecular formula is C10H14FNO. The van der Waals surface area contributed by atoms with Gasteiger partial charge in [-0.05, 0) is 31.0 Å². The van der Waals surface area contributed by atoms with Crippen molar-refractivity contribution in [3.63, 3.8) is 0 Å². The third-order valence-electron chi connectivity index (χ3n) is 2.02. The zero-order valence-corrected chi connectivity index (χ0v) is 7.79. The predicted molar refractivity (Wildman–Crippen MR) is 49.7 cm³/mol. The van der Waals surface area contributed by atoms with Crippen molar-refractivity contribution in [3.05, 3.63) is 35.1 Å². The first-order valence-electron chi connectivity index (χ1n) is 4.22. The number of hydrogen-bond acceptors (Lipinski definition) is 2. The average Bonchev–Trinajstić information content (AvgIpc) is 2.08. The van der Waals surface area contributed by atoms with Crippen LogP contribution in [0.5, 0.6) is 0 Å². The Hall–Kier alpha value is -0.930. The highest BCUT2D eigenvalue weighted by Crippen LogP contribution is 2.18. The quantitative estimate of drug-likeness (QED) is 0.730. The van der Waals surface area contributed by atoms with Gasteiger partial charge in [0, 0.05) is 6.04 Å². The molecule has 0 aliphatic carbocycles. The smallest absolute Gasteiger partial charge is 0.126 e. The number of hydrogen-bond donors (Lipinski definition) is 2. The van der Waals surface area contributed by atoms with E-state index in [4.69, 9.17) is 5.73 Å². The largest absolute Gasteiger partial charge is 0.387 e. The van der Waals surface area contributed by atoms with Crippen molar-refractivity contribution in [1.29, 1.82) is 0 Å². The van der Waals surface area contributed by atoms with Crippen LogP contribution in [0.1, 0.15) is 24.2 Å². The van der Waals surface area contributed by atoms with Crippen molar-refractivity contribution in [2.75, 3.05) is 0 Å². The summed E-state index contributed by atoms with van der Waals surface area (Å²) < 4.78 is 12.9. The second kappa shape index (κ2) is 3.85. The molecule has 3 N–H and O–H groups in total. The molecule has 0 heterocycles. The summed E-state index contributed by atoms with van der Waals surface area (Å²) in [6.07, 6.45) is -0.723. The van der Waals surface area contributed by atoms with Crippen molar-refractivity contribution >= 4 is 0 Å². The van der Waals surface area contributed by atoms with Gasteiger partial charge in [0.05, 0.1) is 6.10 Å². The molecule has 1 aromatic rings. The summed E-state index contributed by atoms with van der Waals surface area (Å²) in [5.41, 5.74) is 6.70. The third-order valence-corrected chi connectivity index (χ3v) is 2.02. The fraction of sp³-hybridized carbons (Fsp3) is 0.400. The maximum absolute atomic E-state index is 12.9. The maximum Gasteiger partial charge on any atom is 0.126 e. The summed E-state index contributed by atoms with van der Waals surface area (Å²) in [6.45, 7) is 3.37. The number of benzene rings is 1. The fourth-order valence-electron chi connectivity index (χ4n) is 1.16. The van der Waals surface area contributed by atoms with Crippen LogP contribution in [0.15, 0.2) is 18.2 Å². The minimum Gasteiger partial charge on any atom is -0.387 e. The lowest BCUT2D eigenvalue weighted by Crippen LogP contribution is -2.24. The van der Waals surface area contributed by atoms with Gasteiger partial charge in [-0.3, -0.25) is 0 Å². The van der Waals surface area contributed by atoms with E-state index < -0.39 is 6.10 Å². The van der Waals surface area contributed by atoms with Crippen LogP contribution in [0, 0.1) is 12.7 Å². The molecule has 0 saturated heterocycles. The van der Waals surface area contributed by atoms with Gasteiger partial charge in [-0.15, -0.1) is 0 Å². The molecule has 2 atom stereocenters. The summed E-state index contributed by atoms with van der Waals surface area (Å²) in [5, 5.41) is 9.57. The highest BCUT2D eigenvalue weighted by Gasteiger charge is 2.12. The Morgan fingerprint density at radius 2 is 2.08 bits per heavy atom. The van der Waals surface area contributed by atoms with E-state index in [9.17, 15) is 9.50 Å². The topological polar surface area (TPSA) is 46.2 Å². The number of rotatable bonds is 2. The fourth-order valence-corrected chi connectivity index (χ4v) is 1.16. The van der Waals surface area contributed by atoms with Crippen LogP contribution in [-0.2, 0) is 0 Å². The molecular weight excluding hydrogens is 169 g/mol. The lowest BCUT2D eigenvalue weighted by atomic mass is 10.0. The van der Waals surface area contributed by atoms with E-state index >= 15 is 0 Å². The van der Waals surface area contributed by atoms with E-state index in [-0.39, 0.29) is 11.9 Å². The average molecular weight is 183 g/mol. The Kier molecular flexibility index (Phi) is 3.01. The molecule has 0 amide bonds. The highest BCUT2D eigenvalue weighted by molar-refractivity contribution is 5.26. The summed E-state index contributed by atoms with van der Waals surface area (Å²) in [5.74, 6) is -0.263. The van der Waals surface area contributed by atoms with E-state index in [1.807, 2.05) is 0 Å². The van der Waals surface area contributed by atoms with Crippen molar-refractivity contribution in [1.82, 2.24) is 0 Å². The third kappa shape index (κ3) is 2.26. The van der Waals surface area contributed by atoms with Gasteiger partial charge in [0.15, 0.2) is 0 Å². The lowest BCUT2D eigenvalue weighted by Gasteiger charge is -2.15. The molecule has 0 saturated carbocycles. The van der Waals surface area contributed by atoms with Gasteiger partial charge in [0.25, 0.3) is 0 Å². The Labute approximate surface area is 77.2 Å². The van der Waals surface area contributed by atoms with Crippen LogP contribution in [0.2, 0.25) is 0 Å². The molecule has 2 nitrogen and oxygen atoms in total. The molecule has 3 heteroatoms. The Bertz CT molecular complexity index is 299. The monoisotopic (exact) mass is 183 g/mol. The number of aliphatic hydroxyl groups excluding tert-OH is 1. The van der Waals surface area contributed by atoms with Crippen molar-refractivity contribution in [2.45, 2.75) is 26.0 Å². The van der Waals surface area contributed by atoms with E-state index in [1.165, 1.54) is 6.07 Å². The van der Waals surface area contributed by atoms with Crippen LogP contribution in [-0.4, -0.2) is 11.1 Å². The van der Waals surface area contributed by atoms with Gasteiger partial charge in [0.2, 0.25) is 0 Å². The van der Waals surface area contributed by atoms with Gasteiger partial charge < -0.3 is 10.8 Å². The molecule has 0 aliphatic heterocycles. The van der Waals surface area contributed by atoms with Gasteiger partial charge in [0.1, 0.15) is 5.82 Å². The van der Waals surface area contributed by atoms with Crippen LogP contribution in [0.25, 0.3) is 0 Å². The zero-order chi connectivity index (χ0) is 10.0. The number of aryl methyl sites for hydroxylation is 1. The second-order valence-electron chi connectivity index (χ2n) is 3.31. The minimum atomic E-state index is -0.723. The molecule has 1 rings (SSSR count). The first kappa shape index (κ1) is 10.2. The number of nitrogens with two attached hydrogens (primary N) is 1. The first-order chi connectivity index (χ1) is 6.02. The van der Waals surface area contributed by atoms with Crippen LogP contribution < -0.4 is 5.73 Å². The van der Waals surface area contributed by atoms with Crippen LogP contribution >= 0.6 is 0 Å². The van der Waals surface area contributed by atoms with Crippen LogP contribution in [0.4, 0.5) is 4.39 Å². The Balaban J connectivity index is 2.97. The summed E-state index contributed by atoms with van der Waals surface area (Å²) in [4.78, 5) is 0. The van der Waals surface area contributed by atoms with Crippen LogP contribution in [0.3, 0.4) is 0 Å². The summed E-state index contributed by atoms with van der Waals surface area (Å²) in [6, 6.07) is 4.17. The van der Waals surface area contributed by atoms with E-state index in [1.54, 1.807) is 26.0 Å². The van der Waals surface area contributed by atoms with Gasteiger partial charge in [-0.25, -0.2) is 4.39 Å². The molecule has 0 bridgehead atoms. The summed E-state index contributed by atoms with van der Waals surface area (Å²) in [7, 11) is 0. The van der Waals surface area contributed by atoms with Gasteiger partial charge >= 0.3 is 0 Å². The molecule has 0 fully saturated rings. The first-order valence-corrected chi connectivity index (χ1v) is 4.22. The molecule has 1 aromatic carbocycles. The molecule has 2 unspecified atom stereocenters. The van der Waals surface area contributed by atoms with E-state index in [2.05, 4.69) is 0 Å². The van der Waals surface area contributed by atoms with Crippen molar-refractivity contribution in [2.24, 2.45) is 5.73 Å². The molecule has 0 spiro atoms.